The third-order valence-electron chi connectivity index (χ3n) is 6.62. The molecule has 0 fully saturated rings. The summed E-state index contributed by atoms with van der Waals surface area (Å²) in [5.74, 6) is -1.90. The summed E-state index contributed by atoms with van der Waals surface area (Å²) < 4.78 is 17.3. The van der Waals surface area contributed by atoms with Crippen molar-refractivity contribution in [2.75, 3.05) is 37.1 Å². The molecule has 1 aliphatic rings. The SMILES string of the molecule is CCOC(=O)Cn1c(=NC(=O)CSCC(=O)Nc2sc3c(c2C(=O)OCC)CCC(C)C3)sc2cc(C(=O)OC)ccc21. The highest BCUT2D eigenvalue weighted by atomic mass is 32.2. The minimum Gasteiger partial charge on any atom is -0.465 e. The normalized spacial score (nSPS) is 14.7. The zero-order valence-electron chi connectivity index (χ0n) is 24.4. The van der Waals surface area contributed by atoms with Crippen molar-refractivity contribution < 1.29 is 38.2 Å². The Balaban J connectivity index is 1.47. The van der Waals surface area contributed by atoms with Crippen LogP contribution in [-0.2, 0) is 48.0 Å². The number of methoxy groups -OCH3 is 1. The van der Waals surface area contributed by atoms with Crippen molar-refractivity contribution in [1.82, 2.24) is 4.57 Å². The first-order chi connectivity index (χ1) is 20.6. The standard InChI is InChI=1S/C29H33N3O8S3/c1-5-39-24(35)13-32-19-10-8-17(27(36)38-4)12-21(19)43-29(32)31-23(34)15-41-14-22(33)30-26-25(28(37)40-6-2)18-9-7-16(3)11-20(18)42-26/h8,10,12,16H,5-7,9,11,13-15H2,1-4H3,(H,30,33). The molecule has 1 aromatic carbocycles. The maximum Gasteiger partial charge on any atom is 0.341 e. The van der Waals surface area contributed by atoms with Gasteiger partial charge in [0.25, 0.3) is 5.91 Å². The van der Waals surface area contributed by atoms with E-state index < -0.39 is 23.8 Å². The van der Waals surface area contributed by atoms with Gasteiger partial charge >= 0.3 is 17.9 Å². The van der Waals surface area contributed by atoms with Crippen LogP contribution in [0.3, 0.4) is 0 Å². The van der Waals surface area contributed by atoms with Gasteiger partial charge in [-0.25, -0.2) is 9.59 Å². The molecular formula is C29H33N3O8S3. The van der Waals surface area contributed by atoms with Gasteiger partial charge in [-0.3, -0.25) is 14.4 Å². The van der Waals surface area contributed by atoms with Crippen molar-refractivity contribution in [1.29, 1.82) is 0 Å². The molecule has 0 bridgehead atoms. The third-order valence-corrected chi connectivity index (χ3v) is 9.75. The first-order valence-electron chi connectivity index (χ1n) is 13.8. The second-order valence-corrected chi connectivity index (χ2v) is 12.9. The van der Waals surface area contributed by atoms with Crippen molar-refractivity contribution in [3.63, 3.8) is 0 Å². The molecule has 43 heavy (non-hydrogen) atoms. The number of nitrogens with zero attached hydrogens (tertiary/aromatic N) is 2. The van der Waals surface area contributed by atoms with E-state index in [-0.39, 0.29) is 42.0 Å². The summed E-state index contributed by atoms with van der Waals surface area (Å²) in [6.07, 6.45) is 2.58. The van der Waals surface area contributed by atoms with Crippen LogP contribution in [0.1, 0.15) is 58.3 Å². The van der Waals surface area contributed by atoms with Gasteiger partial charge in [-0.2, -0.15) is 4.99 Å². The van der Waals surface area contributed by atoms with Gasteiger partial charge in [-0.15, -0.1) is 23.1 Å². The van der Waals surface area contributed by atoms with E-state index in [2.05, 4.69) is 17.2 Å². The van der Waals surface area contributed by atoms with Gasteiger partial charge in [0, 0.05) is 4.88 Å². The lowest BCUT2D eigenvalue weighted by molar-refractivity contribution is -0.143. The Morgan fingerprint density at radius 2 is 1.84 bits per heavy atom. The van der Waals surface area contributed by atoms with Crippen molar-refractivity contribution in [3.8, 4) is 0 Å². The average molecular weight is 648 g/mol. The molecule has 3 aromatic rings. The number of esters is 3. The van der Waals surface area contributed by atoms with Crippen LogP contribution in [0, 0.1) is 5.92 Å². The Hall–Kier alpha value is -3.49. The number of nitrogens with one attached hydrogen (secondary N) is 1. The van der Waals surface area contributed by atoms with Gasteiger partial charge in [0.05, 0.1) is 53.2 Å². The molecule has 230 valence electrons. The molecule has 0 saturated carbocycles. The molecule has 1 unspecified atom stereocenters. The minimum absolute atomic E-state index is 0.0276. The number of thiazole rings is 1. The van der Waals surface area contributed by atoms with Crippen LogP contribution in [0.4, 0.5) is 5.00 Å². The summed E-state index contributed by atoms with van der Waals surface area (Å²) in [5.41, 5.74) is 2.32. The zero-order valence-corrected chi connectivity index (χ0v) is 26.8. The van der Waals surface area contributed by atoms with Gasteiger partial charge in [-0.05, 0) is 62.8 Å². The maximum atomic E-state index is 12.8. The number of hydrogen-bond acceptors (Lipinski definition) is 11. The molecule has 0 aliphatic heterocycles. The smallest absolute Gasteiger partial charge is 0.341 e. The lowest BCUT2D eigenvalue weighted by atomic mass is 9.88. The number of carbonyl (C=O) groups is 5. The van der Waals surface area contributed by atoms with Gasteiger partial charge in [0.2, 0.25) is 5.91 Å². The third kappa shape index (κ3) is 7.92. The summed E-state index contributed by atoms with van der Waals surface area (Å²) in [6.45, 7) is 5.88. The molecule has 2 heterocycles. The highest BCUT2D eigenvalue weighted by Crippen LogP contribution is 2.40. The topological polar surface area (TPSA) is 142 Å². The molecule has 14 heteroatoms. The van der Waals surface area contributed by atoms with E-state index in [4.69, 9.17) is 14.2 Å². The summed E-state index contributed by atoms with van der Waals surface area (Å²) in [6, 6.07) is 4.85. The van der Waals surface area contributed by atoms with Crippen molar-refractivity contribution in [2.45, 2.75) is 46.6 Å². The molecule has 0 spiro atoms. The molecular weight excluding hydrogens is 615 g/mol. The van der Waals surface area contributed by atoms with Gasteiger partial charge < -0.3 is 24.1 Å². The van der Waals surface area contributed by atoms with Crippen LogP contribution in [0.2, 0.25) is 0 Å². The van der Waals surface area contributed by atoms with Gasteiger partial charge in [0.15, 0.2) is 4.80 Å². The quantitative estimate of drug-likeness (QED) is 0.239. The van der Waals surface area contributed by atoms with Crippen molar-refractivity contribution in [2.24, 2.45) is 10.9 Å². The Bertz CT molecular complexity index is 1620. The lowest BCUT2D eigenvalue weighted by Crippen LogP contribution is -2.23. The predicted octanol–water partition coefficient (Wildman–Crippen LogP) is 4.21. The van der Waals surface area contributed by atoms with Crippen LogP contribution in [0.15, 0.2) is 23.2 Å². The van der Waals surface area contributed by atoms with E-state index in [0.717, 1.165) is 52.8 Å². The Morgan fingerprint density at radius 3 is 2.56 bits per heavy atom. The van der Waals surface area contributed by atoms with E-state index in [0.29, 0.717) is 32.3 Å². The molecule has 2 amide bonds. The average Bonchev–Trinajstić information content (AvgIpc) is 3.48. The highest BCUT2D eigenvalue weighted by molar-refractivity contribution is 8.00. The fourth-order valence-electron chi connectivity index (χ4n) is 4.68. The Kier molecular flexibility index (Phi) is 11.2. The van der Waals surface area contributed by atoms with Gasteiger partial charge in [-0.1, -0.05) is 18.3 Å². The molecule has 1 atom stereocenters. The Labute approximate surface area is 260 Å². The predicted molar refractivity (Wildman–Crippen MR) is 166 cm³/mol. The fraction of sp³-hybridized carbons (Fsp3) is 0.448. The van der Waals surface area contributed by atoms with Crippen LogP contribution in [0.25, 0.3) is 10.2 Å². The number of carbonyl (C=O) groups excluding carboxylic acids is 5. The number of anilines is 1. The zero-order chi connectivity index (χ0) is 31.1. The van der Waals surface area contributed by atoms with E-state index in [9.17, 15) is 24.0 Å². The highest BCUT2D eigenvalue weighted by Gasteiger charge is 2.29. The summed E-state index contributed by atoms with van der Waals surface area (Å²) >= 11 is 3.64. The number of ether oxygens (including phenoxy) is 3. The minimum atomic E-state index is -0.511. The van der Waals surface area contributed by atoms with Crippen LogP contribution in [0.5, 0.6) is 0 Å². The number of fused-ring (bicyclic) bond motifs is 2. The molecule has 4 rings (SSSR count). The van der Waals surface area contributed by atoms with E-state index >= 15 is 0 Å². The molecule has 1 N–H and O–H groups in total. The monoisotopic (exact) mass is 647 g/mol. The largest absolute Gasteiger partial charge is 0.465 e. The molecule has 2 aromatic heterocycles. The molecule has 0 radical (unpaired) electrons. The maximum absolute atomic E-state index is 12.8. The number of rotatable bonds is 11. The number of thioether (sulfide) groups is 1. The van der Waals surface area contributed by atoms with Crippen LogP contribution < -0.4 is 10.1 Å². The second kappa shape index (κ2) is 14.8. The number of hydrogen-bond donors (Lipinski definition) is 1. The fourth-order valence-corrected chi connectivity index (χ4v) is 7.78. The molecule has 11 nitrogen and oxygen atoms in total. The van der Waals surface area contributed by atoms with E-state index in [1.165, 1.54) is 18.4 Å². The van der Waals surface area contributed by atoms with E-state index in [1.807, 2.05) is 0 Å². The van der Waals surface area contributed by atoms with Gasteiger partial charge in [0.1, 0.15) is 11.5 Å². The van der Waals surface area contributed by atoms with Crippen molar-refractivity contribution in [3.05, 3.63) is 44.6 Å². The second-order valence-electron chi connectivity index (χ2n) is 9.77. The number of thiophene rings is 1. The number of benzene rings is 1. The Morgan fingerprint density at radius 1 is 1.07 bits per heavy atom. The number of aromatic nitrogens is 1. The molecule has 1 aliphatic carbocycles. The van der Waals surface area contributed by atoms with Crippen molar-refractivity contribution >= 4 is 79.4 Å². The first-order valence-corrected chi connectivity index (χ1v) is 16.6. The summed E-state index contributed by atoms with van der Waals surface area (Å²) in [7, 11) is 1.28. The lowest BCUT2D eigenvalue weighted by Gasteiger charge is -2.18. The van der Waals surface area contributed by atoms with Crippen LogP contribution in [-0.4, -0.2) is 66.1 Å². The summed E-state index contributed by atoms with van der Waals surface area (Å²) in [4.78, 5) is 68.2. The summed E-state index contributed by atoms with van der Waals surface area (Å²) in [5, 5.41) is 3.33. The number of amides is 2. The molecule has 0 saturated heterocycles. The van der Waals surface area contributed by atoms with Crippen LogP contribution >= 0.6 is 34.4 Å². The first kappa shape index (κ1) is 32.4. The van der Waals surface area contributed by atoms with E-state index in [1.54, 1.807) is 36.6 Å².